The first kappa shape index (κ1) is 24.6. The third kappa shape index (κ3) is 5.12. The predicted octanol–water partition coefficient (Wildman–Crippen LogP) is 6.31. The van der Waals surface area contributed by atoms with Crippen LogP contribution < -0.4 is 0 Å². The van der Waals surface area contributed by atoms with Crippen LogP contribution in [0.15, 0.2) is 84.9 Å². The van der Waals surface area contributed by atoms with Gasteiger partial charge in [0.25, 0.3) is 11.4 Å². The maximum absolute atomic E-state index is 13.0. The lowest BCUT2D eigenvalue weighted by atomic mass is 10.0. The van der Waals surface area contributed by atoms with Crippen LogP contribution in [0.4, 0.5) is 21.5 Å². The standard InChI is InChI=1S/C19H12FN.C6H3N3O7/c20-15-8-5-14(6-9-15)18-12-10-17-16-4-2-1-3-13(16)7-11-19(17)21-18;10-6-4(8(13)14)1-3(7(11)12)2-5(6)9(15)16/h1-12H;1-2,10H. The molecule has 0 saturated heterocycles. The molecule has 12 heteroatoms. The van der Waals surface area contributed by atoms with Gasteiger partial charge in [-0.3, -0.25) is 30.3 Å². The van der Waals surface area contributed by atoms with Crippen molar-refractivity contribution in [3.8, 4) is 17.0 Å². The molecule has 0 spiro atoms. The second-order valence-corrected chi connectivity index (χ2v) is 7.66. The number of rotatable bonds is 4. The number of benzene rings is 4. The molecule has 0 aliphatic heterocycles. The predicted molar refractivity (Wildman–Crippen MR) is 133 cm³/mol. The lowest BCUT2D eigenvalue weighted by molar-refractivity contribution is -0.404. The Hall–Kier alpha value is -5.52. The number of nitro benzene ring substituents is 3. The number of nitrogens with zero attached hydrogens (tertiary/aromatic N) is 4. The van der Waals surface area contributed by atoms with Gasteiger partial charge in [-0.2, -0.15) is 0 Å². The number of phenols is 1. The maximum atomic E-state index is 13.0. The van der Waals surface area contributed by atoms with Gasteiger partial charge in [-0.1, -0.05) is 36.4 Å². The summed E-state index contributed by atoms with van der Waals surface area (Å²) in [7, 11) is 0. The molecular weight excluding hydrogens is 487 g/mol. The fraction of sp³-hybridized carbons (Fsp3) is 0. The molecule has 5 rings (SSSR count). The first-order valence-electron chi connectivity index (χ1n) is 10.5. The van der Waals surface area contributed by atoms with Gasteiger partial charge < -0.3 is 5.11 Å². The van der Waals surface area contributed by atoms with Gasteiger partial charge in [0, 0.05) is 10.9 Å². The van der Waals surface area contributed by atoms with Crippen LogP contribution in [0.25, 0.3) is 32.9 Å². The molecule has 11 nitrogen and oxygen atoms in total. The van der Waals surface area contributed by atoms with Crippen LogP contribution in [-0.4, -0.2) is 24.9 Å². The van der Waals surface area contributed by atoms with Crippen molar-refractivity contribution in [2.45, 2.75) is 0 Å². The van der Waals surface area contributed by atoms with Crippen LogP contribution in [0.5, 0.6) is 5.75 Å². The molecule has 184 valence electrons. The fourth-order valence-electron chi connectivity index (χ4n) is 3.64. The van der Waals surface area contributed by atoms with Gasteiger partial charge in [0.05, 0.1) is 38.1 Å². The van der Waals surface area contributed by atoms with Gasteiger partial charge in [0.1, 0.15) is 5.82 Å². The van der Waals surface area contributed by atoms with Crippen LogP contribution >= 0.6 is 0 Å². The highest BCUT2D eigenvalue weighted by molar-refractivity contribution is 6.06. The van der Waals surface area contributed by atoms with Crippen molar-refractivity contribution in [2.24, 2.45) is 0 Å². The molecule has 1 N–H and O–H groups in total. The van der Waals surface area contributed by atoms with Crippen molar-refractivity contribution in [1.29, 1.82) is 0 Å². The molecule has 0 saturated carbocycles. The van der Waals surface area contributed by atoms with E-state index in [1.54, 1.807) is 12.1 Å². The Morgan fingerprint density at radius 1 is 0.703 bits per heavy atom. The largest absolute Gasteiger partial charge is 0.497 e. The minimum absolute atomic E-state index is 0.231. The lowest BCUT2D eigenvalue weighted by Crippen LogP contribution is -1.97. The molecule has 0 amide bonds. The first-order valence-corrected chi connectivity index (χ1v) is 10.5. The average Bonchev–Trinajstić information content (AvgIpc) is 2.88. The van der Waals surface area contributed by atoms with Crippen molar-refractivity contribution in [2.75, 3.05) is 0 Å². The molecule has 0 aliphatic carbocycles. The summed E-state index contributed by atoms with van der Waals surface area (Å²) < 4.78 is 13.0. The third-order valence-electron chi connectivity index (χ3n) is 5.40. The van der Waals surface area contributed by atoms with Gasteiger partial charge in [0.15, 0.2) is 0 Å². The van der Waals surface area contributed by atoms with Crippen molar-refractivity contribution < 1.29 is 24.3 Å². The van der Waals surface area contributed by atoms with Crippen LogP contribution in [0.2, 0.25) is 0 Å². The smallest absolute Gasteiger partial charge is 0.324 e. The van der Waals surface area contributed by atoms with E-state index in [9.17, 15) is 34.7 Å². The van der Waals surface area contributed by atoms with Crippen LogP contribution in [0, 0.1) is 36.2 Å². The van der Waals surface area contributed by atoms with E-state index in [0.29, 0.717) is 12.1 Å². The van der Waals surface area contributed by atoms with Crippen LogP contribution in [-0.2, 0) is 0 Å². The number of hydrogen-bond donors (Lipinski definition) is 1. The topological polar surface area (TPSA) is 163 Å². The fourth-order valence-corrected chi connectivity index (χ4v) is 3.64. The van der Waals surface area contributed by atoms with E-state index in [4.69, 9.17) is 10.1 Å². The zero-order valence-electron chi connectivity index (χ0n) is 18.6. The van der Waals surface area contributed by atoms with Crippen LogP contribution in [0.3, 0.4) is 0 Å². The van der Waals surface area contributed by atoms with E-state index in [1.165, 1.54) is 22.9 Å². The summed E-state index contributed by atoms with van der Waals surface area (Å²) in [6, 6.07) is 23.8. The quantitative estimate of drug-likeness (QED) is 0.170. The summed E-state index contributed by atoms with van der Waals surface area (Å²) in [5.74, 6) is -1.44. The molecule has 0 bridgehead atoms. The molecule has 37 heavy (non-hydrogen) atoms. The molecule has 1 heterocycles. The molecule has 1 aromatic heterocycles. The number of non-ortho nitro benzene ring substituents is 1. The molecule has 0 atom stereocenters. The molecule has 0 unspecified atom stereocenters. The summed E-state index contributed by atoms with van der Waals surface area (Å²) in [5.41, 5.74) is -0.266. The summed E-state index contributed by atoms with van der Waals surface area (Å²) in [5, 5.41) is 43.8. The molecule has 4 aromatic carbocycles. The van der Waals surface area contributed by atoms with Crippen molar-refractivity contribution in [1.82, 2.24) is 4.98 Å². The zero-order chi connectivity index (χ0) is 26.7. The summed E-state index contributed by atoms with van der Waals surface area (Å²) in [6.07, 6.45) is 0. The average molecular weight is 502 g/mol. The Labute approximate surface area is 206 Å². The number of halogens is 1. The van der Waals surface area contributed by atoms with Crippen molar-refractivity contribution in [3.63, 3.8) is 0 Å². The lowest BCUT2D eigenvalue weighted by Gasteiger charge is -2.06. The molecule has 0 aliphatic rings. The molecular formula is C25H15FN4O7. The second kappa shape index (κ2) is 10.00. The monoisotopic (exact) mass is 502 g/mol. The normalized spacial score (nSPS) is 10.5. The van der Waals surface area contributed by atoms with E-state index >= 15 is 0 Å². The number of pyridine rings is 1. The van der Waals surface area contributed by atoms with E-state index in [0.717, 1.165) is 22.2 Å². The first-order chi connectivity index (χ1) is 17.7. The summed E-state index contributed by atoms with van der Waals surface area (Å²) in [4.78, 5) is 32.5. The summed E-state index contributed by atoms with van der Waals surface area (Å²) in [6.45, 7) is 0. The number of aromatic hydroxyl groups is 1. The number of phenolic OH excluding ortho intramolecular Hbond substituents is 1. The highest BCUT2D eigenvalue weighted by atomic mass is 19.1. The van der Waals surface area contributed by atoms with Crippen LogP contribution in [0.1, 0.15) is 0 Å². The van der Waals surface area contributed by atoms with Gasteiger partial charge in [-0.15, -0.1) is 0 Å². The molecule has 0 radical (unpaired) electrons. The van der Waals surface area contributed by atoms with Crippen molar-refractivity contribution >= 4 is 38.7 Å². The number of fused-ring (bicyclic) bond motifs is 3. The Kier molecular flexibility index (Phi) is 6.65. The van der Waals surface area contributed by atoms with E-state index in [-0.39, 0.29) is 5.82 Å². The van der Waals surface area contributed by atoms with Crippen molar-refractivity contribution in [3.05, 3.63) is 121 Å². The van der Waals surface area contributed by atoms with Gasteiger partial charge in [-0.05, 0) is 47.2 Å². The molecule has 0 fully saturated rings. The SMILES string of the molecule is Fc1ccc(-c2ccc3c(ccc4ccccc43)n2)cc1.O=[N+]([O-])c1cc([N+](=O)[O-])c(O)c([N+](=O)[O-])c1. The molecule has 5 aromatic rings. The highest BCUT2D eigenvalue weighted by Gasteiger charge is 2.30. The van der Waals surface area contributed by atoms with E-state index in [1.807, 2.05) is 24.3 Å². The number of aromatic nitrogens is 1. The second-order valence-electron chi connectivity index (χ2n) is 7.66. The number of nitro groups is 3. The highest BCUT2D eigenvalue weighted by Crippen LogP contribution is 2.39. The Bertz CT molecular complexity index is 1660. The van der Waals surface area contributed by atoms with Gasteiger partial charge >= 0.3 is 11.4 Å². The van der Waals surface area contributed by atoms with E-state index in [2.05, 4.69) is 24.3 Å². The minimum atomic E-state index is -1.21. The van der Waals surface area contributed by atoms with Gasteiger partial charge in [-0.25, -0.2) is 9.37 Å². The van der Waals surface area contributed by atoms with E-state index < -0.39 is 37.6 Å². The Morgan fingerprint density at radius 2 is 1.32 bits per heavy atom. The summed E-state index contributed by atoms with van der Waals surface area (Å²) >= 11 is 0. The Balaban J connectivity index is 0.000000181. The maximum Gasteiger partial charge on any atom is 0.324 e. The minimum Gasteiger partial charge on any atom is -0.497 e. The zero-order valence-corrected chi connectivity index (χ0v) is 18.6. The van der Waals surface area contributed by atoms with Gasteiger partial charge in [0.2, 0.25) is 0 Å². The Morgan fingerprint density at radius 3 is 1.92 bits per heavy atom. The third-order valence-corrected chi connectivity index (χ3v) is 5.40. The number of hydrogen-bond acceptors (Lipinski definition) is 8.